The molecule has 0 saturated heterocycles. The van der Waals surface area contributed by atoms with Crippen molar-refractivity contribution in [2.45, 2.75) is 20.8 Å². The van der Waals surface area contributed by atoms with Gasteiger partial charge in [0.15, 0.2) is 0 Å². The van der Waals surface area contributed by atoms with Crippen molar-refractivity contribution in [2.24, 2.45) is 0 Å². The zero-order valence-corrected chi connectivity index (χ0v) is 9.43. The van der Waals surface area contributed by atoms with E-state index in [1.807, 2.05) is 0 Å². The minimum absolute atomic E-state index is 1.31. The van der Waals surface area contributed by atoms with E-state index in [9.17, 15) is 0 Å². The summed E-state index contributed by atoms with van der Waals surface area (Å²) in [6.07, 6.45) is 4.00. The van der Waals surface area contributed by atoms with Gasteiger partial charge >= 0.3 is 66.7 Å². The Kier molecular flexibility index (Phi) is 3.17. The number of halogens is 1. The summed E-state index contributed by atoms with van der Waals surface area (Å²) >= 11 is 3.92. The van der Waals surface area contributed by atoms with Crippen LogP contribution in [-0.2, 0) is 0 Å². The molecule has 0 nitrogen and oxygen atoms in total. The van der Waals surface area contributed by atoms with E-state index in [0.717, 1.165) is 0 Å². The third-order valence-corrected chi connectivity index (χ3v) is 12.5. The molecule has 0 N–H and O–H groups in total. The summed E-state index contributed by atoms with van der Waals surface area (Å²) in [7, 11) is 0. The molecule has 0 amide bonds. The molecular weight excluding hydrogens is 195 g/mol. The third kappa shape index (κ3) is 2.55. The molecule has 0 aromatic carbocycles. The first kappa shape index (κ1) is 9.91. The van der Waals surface area contributed by atoms with E-state index < -0.39 is 5.31 Å². The van der Waals surface area contributed by atoms with Gasteiger partial charge in [-0.3, -0.25) is 0 Å². The second-order valence-corrected chi connectivity index (χ2v) is 15.9. The molecule has 0 aromatic heterocycles. The van der Waals surface area contributed by atoms with Gasteiger partial charge in [-0.05, 0) is 0 Å². The standard InChI is InChI=1S/C7H18BrP/c1-5-9(4,8,6-2)7-3/h5-7H2,1-4H3. The molecule has 0 aliphatic rings. The summed E-state index contributed by atoms with van der Waals surface area (Å²) in [6, 6.07) is 0. The maximum absolute atomic E-state index is 3.92. The molecule has 0 bridgehead atoms. The molecule has 0 saturated carbocycles. The van der Waals surface area contributed by atoms with Gasteiger partial charge in [-0.2, -0.15) is 0 Å². The van der Waals surface area contributed by atoms with Gasteiger partial charge in [0.05, 0.1) is 0 Å². The summed E-state index contributed by atoms with van der Waals surface area (Å²) in [5, 5.41) is -1.31. The Balaban J connectivity index is 4.20. The van der Waals surface area contributed by atoms with E-state index in [1.165, 1.54) is 18.5 Å². The van der Waals surface area contributed by atoms with Crippen LogP contribution in [-0.4, -0.2) is 25.2 Å². The van der Waals surface area contributed by atoms with Gasteiger partial charge in [0, 0.05) is 0 Å². The second-order valence-electron chi connectivity index (χ2n) is 3.10. The van der Waals surface area contributed by atoms with Gasteiger partial charge in [0.2, 0.25) is 0 Å². The quantitative estimate of drug-likeness (QED) is 0.629. The van der Waals surface area contributed by atoms with Crippen molar-refractivity contribution in [3.8, 4) is 0 Å². The third-order valence-electron chi connectivity index (χ3n) is 2.65. The van der Waals surface area contributed by atoms with Crippen LogP contribution in [0.5, 0.6) is 0 Å². The Morgan fingerprint density at radius 1 is 1.00 bits per heavy atom. The molecule has 0 spiro atoms. The normalized spacial score (nSPS) is 16.8. The van der Waals surface area contributed by atoms with Crippen molar-refractivity contribution >= 4 is 20.8 Å². The molecule has 0 aliphatic heterocycles. The second kappa shape index (κ2) is 2.88. The minimum atomic E-state index is -1.31. The molecule has 9 heavy (non-hydrogen) atoms. The van der Waals surface area contributed by atoms with Crippen LogP contribution < -0.4 is 0 Å². The first-order valence-electron chi connectivity index (χ1n) is 3.69. The molecule has 58 valence electrons. The van der Waals surface area contributed by atoms with Crippen molar-refractivity contribution in [3.05, 3.63) is 0 Å². The molecule has 0 fully saturated rings. The van der Waals surface area contributed by atoms with Gasteiger partial charge in [-0.1, -0.05) is 0 Å². The van der Waals surface area contributed by atoms with Crippen LogP contribution in [0.4, 0.5) is 0 Å². The van der Waals surface area contributed by atoms with E-state index in [2.05, 4.69) is 42.9 Å². The zero-order chi connectivity index (χ0) is 7.57. The fourth-order valence-corrected chi connectivity index (χ4v) is 2.01. The van der Waals surface area contributed by atoms with Gasteiger partial charge < -0.3 is 0 Å². The van der Waals surface area contributed by atoms with Gasteiger partial charge in [-0.25, -0.2) is 0 Å². The number of hydrogen-bond donors (Lipinski definition) is 0. The van der Waals surface area contributed by atoms with Crippen molar-refractivity contribution in [3.63, 3.8) is 0 Å². The molecule has 0 radical (unpaired) electrons. The summed E-state index contributed by atoms with van der Waals surface area (Å²) in [4.78, 5) is 0. The Morgan fingerprint density at radius 2 is 1.22 bits per heavy atom. The molecule has 0 rings (SSSR count). The summed E-state index contributed by atoms with van der Waals surface area (Å²) in [6.45, 7) is 9.30. The monoisotopic (exact) mass is 212 g/mol. The predicted molar refractivity (Wildman–Crippen MR) is 53.4 cm³/mol. The SMILES string of the molecule is CCP(C)(Br)(CC)CC. The van der Waals surface area contributed by atoms with Crippen molar-refractivity contribution < 1.29 is 0 Å². The van der Waals surface area contributed by atoms with Crippen molar-refractivity contribution in [1.82, 2.24) is 0 Å². The zero-order valence-electron chi connectivity index (χ0n) is 6.95. The predicted octanol–water partition coefficient (Wildman–Crippen LogP) is 3.54. The topological polar surface area (TPSA) is 0 Å². The van der Waals surface area contributed by atoms with E-state index >= 15 is 0 Å². The molecule has 0 aliphatic carbocycles. The maximum atomic E-state index is 3.92. The van der Waals surface area contributed by atoms with Crippen LogP contribution in [0.3, 0.4) is 0 Å². The Hall–Kier alpha value is 0.910. The first-order chi connectivity index (χ1) is 3.96. The van der Waals surface area contributed by atoms with Gasteiger partial charge in [0.1, 0.15) is 0 Å². The molecule has 0 heterocycles. The fraction of sp³-hybridized carbons (Fsp3) is 1.00. The molecular formula is C7H18BrP. The van der Waals surface area contributed by atoms with E-state index in [1.54, 1.807) is 0 Å². The fourth-order valence-electron chi connectivity index (χ4n) is 0.671. The summed E-state index contributed by atoms with van der Waals surface area (Å²) < 4.78 is 0. The molecule has 0 aromatic rings. The van der Waals surface area contributed by atoms with Crippen molar-refractivity contribution in [1.29, 1.82) is 0 Å². The average molecular weight is 213 g/mol. The molecule has 2 heteroatoms. The number of hydrogen-bond acceptors (Lipinski definition) is 0. The van der Waals surface area contributed by atoms with Crippen LogP contribution in [0.15, 0.2) is 0 Å². The van der Waals surface area contributed by atoms with Crippen LogP contribution >= 0.6 is 20.8 Å². The van der Waals surface area contributed by atoms with E-state index in [4.69, 9.17) is 0 Å². The Labute approximate surface area is 67.1 Å². The average Bonchev–Trinajstić information content (AvgIpc) is 1.90. The Morgan fingerprint density at radius 3 is 1.22 bits per heavy atom. The summed E-state index contributed by atoms with van der Waals surface area (Å²) in [5.74, 6) is 0. The van der Waals surface area contributed by atoms with Crippen molar-refractivity contribution in [2.75, 3.05) is 25.2 Å². The van der Waals surface area contributed by atoms with Gasteiger partial charge in [0.25, 0.3) is 0 Å². The van der Waals surface area contributed by atoms with Crippen LogP contribution in [0.2, 0.25) is 0 Å². The van der Waals surface area contributed by atoms with E-state index in [-0.39, 0.29) is 0 Å². The van der Waals surface area contributed by atoms with Gasteiger partial charge in [-0.15, -0.1) is 0 Å². The van der Waals surface area contributed by atoms with Crippen LogP contribution in [0.1, 0.15) is 20.8 Å². The van der Waals surface area contributed by atoms with E-state index in [0.29, 0.717) is 0 Å². The van der Waals surface area contributed by atoms with Crippen LogP contribution in [0.25, 0.3) is 0 Å². The first-order valence-corrected chi connectivity index (χ1v) is 8.94. The summed E-state index contributed by atoms with van der Waals surface area (Å²) in [5.41, 5.74) is 0. The number of rotatable bonds is 3. The molecule has 0 atom stereocenters. The van der Waals surface area contributed by atoms with Crippen LogP contribution in [0, 0.1) is 0 Å². The Bertz CT molecular complexity index is 80.1. The molecule has 0 unspecified atom stereocenters.